The molecule has 19 heteroatoms. The van der Waals surface area contributed by atoms with Gasteiger partial charge in [0.2, 0.25) is 6.04 Å². The maximum atomic E-state index is 13.0. The Balaban J connectivity index is 1.74. The Morgan fingerprint density at radius 1 is 0.661 bits per heavy atom. The van der Waals surface area contributed by atoms with E-state index in [0.29, 0.717) is 5.56 Å². The summed E-state index contributed by atoms with van der Waals surface area (Å²) in [5, 5.41) is 48.5. The lowest BCUT2D eigenvalue weighted by Gasteiger charge is -2.36. The molecule has 1 heterocycles. The van der Waals surface area contributed by atoms with Gasteiger partial charge in [-0.05, 0) is 93.0 Å². The Kier molecular flexibility index (Phi) is 17.0. The molecule has 2 atom stereocenters. The standard InChI is InChI=1S/C37H53N4O14P/c1-23-17-26(4)33(27(5)18-23)28-19-25(3)30(20-24(28)2)55-56(52,53)54-16-6-7-29(35(46)47)40-12-8-38(21-31(42)43)10-14-41(34(36(48)49)37(50)51)15-11-39(9-13-40)22-32(44)45/h17-20,29,34H,6-16,21-22H2,1-5H3,(H,42,43)(H,44,45)(H,46,47)(H,48,49)(H,50,51)(H,52,53). The maximum Gasteiger partial charge on any atom is 0.527 e. The van der Waals surface area contributed by atoms with Crippen LogP contribution in [-0.4, -0.2) is 164 Å². The number of aliphatic carboxylic acids is 5. The smallest absolute Gasteiger partial charge is 0.480 e. The highest BCUT2D eigenvalue weighted by atomic mass is 31.2. The van der Waals surface area contributed by atoms with Crippen LogP contribution in [0, 0.1) is 34.6 Å². The van der Waals surface area contributed by atoms with Crippen molar-refractivity contribution >= 4 is 37.7 Å². The first-order chi connectivity index (χ1) is 26.2. The van der Waals surface area contributed by atoms with Crippen molar-refractivity contribution in [1.82, 2.24) is 19.6 Å². The fourth-order valence-corrected chi connectivity index (χ4v) is 7.90. The second kappa shape index (κ2) is 20.7. The van der Waals surface area contributed by atoms with Gasteiger partial charge in [0.25, 0.3) is 0 Å². The van der Waals surface area contributed by atoms with Crippen molar-refractivity contribution in [3.8, 4) is 16.9 Å². The Hall–Kier alpha value is -4.42. The summed E-state index contributed by atoms with van der Waals surface area (Å²) in [5.41, 5.74) is 6.78. The van der Waals surface area contributed by atoms with Crippen molar-refractivity contribution in [2.75, 3.05) is 72.1 Å². The van der Waals surface area contributed by atoms with Crippen LogP contribution in [0.25, 0.3) is 11.1 Å². The lowest BCUT2D eigenvalue weighted by atomic mass is 9.90. The summed E-state index contributed by atoms with van der Waals surface area (Å²) in [4.78, 5) is 75.7. The SMILES string of the molecule is Cc1cc(C)c(-c2cc(C)c(OP(=O)(O)OCCCC(C(=O)O)N3CCN(CC(=O)O)CCN(C(C(=O)O)C(=O)O)CCN(CC(=O)O)CC3)cc2C)c(C)c1. The Bertz CT molecular complexity index is 1740. The van der Waals surface area contributed by atoms with Gasteiger partial charge in [0.05, 0.1) is 19.7 Å². The van der Waals surface area contributed by atoms with Crippen molar-refractivity contribution in [2.24, 2.45) is 0 Å². The molecule has 18 nitrogen and oxygen atoms in total. The third-order valence-corrected chi connectivity index (χ3v) is 10.6. The summed E-state index contributed by atoms with van der Waals surface area (Å²) in [6.07, 6.45) is -0.0648. The van der Waals surface area contributed by atoms with Crippen LogP contribution >= 0.6 is 7.82 Å². The number of hydrogen-bond acceptors (Lipinski definition) is 12. The zero-order chi connectivity index (χ0) is 41.9. The molecule has 6 N–H and O–H groups in total. The zero-order valence-corrected chi connectivity index (χ0v) is 33.2. The summed E-state index contributed by atoms with van der Waals surface area (Å²) < 4.78 is 23.7. The Morgan fingerprint density at radius 2 is 1.14 bits per heavy atom. The predicted molar refractivity (Wildman–Crippen MR) is 203 cm³/mol. The molecule has 56 heavy (non-hydrogen) atoms. The number of phosphoric acid groups is 1. The van der Waals surface area contributed by atoms with Gasteiger partial charge in [0.15, 0.2) is 0 Å². The minimum atomic E-state index is -4.65. The van der Waals surface area contributed by atoms with E-state index in [4.69, 9.17) is 9.05 Å². The van der Waals surface area contributed by atoms with E-state index in [0.717, 1.165) is 38.3 Å². The average molecular weight is 809 g/mol. The van der Waals surface area contributed by atoms with Crippen LogP contribution in [0.5, 0.6) is 5.75 Å². The van der Waals surface area contributed by atoms with Crippen molar-refractivity contribution < 1.29 is 68.0 Å². The average Bonchev–Trinajstić information content (AvgIpc) is 3.05. The molecular weight excluding hydrogens is 755 g/mol. The van der Waals surface area contributed by atoms with E-state index < -0.39 is 62.8 Å². The third-order valence-electron chi connectivity index (χ3n) is 9.65. The first-order valence-corrected chi connectivity index (χ1v) is 19.6. The van der Waals surface area contributed by atoms with E-state index in [9.17, 15) is 59.0 Å². The molecule has 0 saturated carbocycles. The molecule has 1 aliphatic rings. The summed E-state index contributed by atoms with van der Waals surface area (Å²) in [5.74, 6) is -6.77. The molecule has 1 aliphatic heterocycles. The Morgan fingerprint density at radius 3 is 1.59 bits per heavy atom. The number of rotatable bonds is 17. The fraction of sp³-hybridized carbons (Fsp3) is 0.541. The largest absolute Gasteiger partial charge is 0.527 e. The van der Waals surface area contributed by atoms with Crippen LogP contribution < -0.4 is 4.52 Å². The minimum Gasteiger partial charge on any atom is -0.480 e. The van der Waals surface area contributed by atoms with Gasteiger partial charge >= 0.3 is 37.7 Å². The maximum absolute atomic E-state index is 13.0. The molecule has 2 aromatic rings. The van der Waals surface area contributed by atoms with Crippen LogP contribution in [0.1, 0.15) is 40.7 Å². The van der Waals surface area contributed by atoms with E-state index in [1.807, 2.05) is 33.8 Å². The van der Waals surface area contributed by atoms with Crippen molar-refractivity contribution in [3.63, 3.8) is 0 Å². The highest BCUT2D eigenvalue weighted by Gasteiger charge is 2.34. The highest BCUT2D eigenvalue weighted by Crippen LogP contribution is 2.46. The molecule has 2 aromatic carbocycles. The van der Waals surface area contributed by atoms with Crippen molar-refractivity contribution in [3.05, 3.63) is 52.1 Å². The zero-order valence-electron chi connectivity index (χ0n) is 32.3. The van der Waals surface area contributed by atoms with Gasteiger partial charge in [-0.3, -0.25) is 43.4 Å². The number of carboxylic acids is 5. The summed E-state index contributed by atoms with van der Waals surface area (Å²) in [6, 6.07) is 4.58. The lowest BCUT2D eigenvalue weighted by Crippen LogP contribution is -2.55. The number of aryl methyl sites for hydroxylation is 5. The monoisotopic (exact) mass is 808 g/mol. The minimum absolute atomic E-state index is 0.00269. The molecule has 0 bridgehead atoms. The van der Waals surface area contributed by atoms with Gasteiger partial charge < -0.3 is 30.1 Å². The number of carbonyl (C=O) groups is 5. The van der Waals surface area contributed by atoms with Crippen LogP contribution in [0.15, 0.2) is 24.3 Å². The summed E-state index contributed by atoms with van der Waals surface area (Å²) in [6.45, 7) is 7.79. The molecule has 0 radical (unpaired) electrons. The summed E-state index contributed by atoms with van der Waals surface area (Å²) in [7, 11) is -4.65. The van der Waals surface area contributed by atoms with E-state index in [-0.39, 0.29) is 77.6 Å². The topological polar surface area (TPSA) is 255 Å². The molecular formula is C37H53N4O14P. The second-order valence-corrected chi connectivity index (χ2v) is 15.5. The molecule has 0 aliphatic carbocycles. The van der Waals surface area contributed by atoms with Gasteiger partial charge in [-0.25, -0.2) is 14.2 Å². The van der Waals surface area contributed by atoms with Gasteiger partial charge in [-0.1, -0.05) is 17.7 Å². The van der Waals surface area contributed by atoms with Gasteiger partial charge in [0.1, 0.15) is 11.8 Å². The van der Waals surface area contributed by atoms with E-state index in [1.54, 1.807) is 17.9 Å². The molecule has 3 rings (SSSR count). The van der Waals surface area contributed by atoms with E-state index in [2.05, 4.69) is 12.1 Å². The molecule has 0 spiro atoms. The molecule has 1 fully saturated rings. The number of carboxylic acid groups (broad SMARTS) is 5. The van der Waals surface area contributed by atoms with Crippen LogP contribution in [0.4, 0.5) is 0 Å². The third kappa shape index (κ3) is 13.7. The molecule has 1 saturated heterocycles. The number of hydrogen-bond donors (Lipinski definition) is 6. The van der Waals surface area contributed by atoms with E-state index in [1.165, 1.54) is 9.80 Å². The van der Waals surface area contributed by atoms with Gasteiger partial charge in [-0.2, -0.15) is 0 Å². The molecule has 0 aromatic heterocycles. The molecule has 0 amide bonds. The fourth-order valence-electron chi connectivity index (χ4n) is 7.05. The number of benzene rings is 2. The van der Waals surface area contributed by atoms with Gasteiger partial charge in [0, 0.05) is 52.4 Å². The van der Waals surface area contributed by atoms with Crippen molar-refractivity contribution in [1.29, 1.82) is 0 Å². The Labute approximate surface area is 325 Å². The number of phosphoric ester groups is 1. The van der Waals surface area contributed by atoms with E-state index >= 15 is 0 Å². The first-order valence-electron chi connectivity index (χ1n) is 18.1. The van der Waals surface area contributed by atoms with Gasteiger partial charge in [-0.15, -0.1) is 0 Å². The van der Waals surface area contributed by atoms with Crippen LogP contribution in [-0.2, 0) is 33.1 Å². The normalized spacial score (nSPS) is 17.3. The van der Waals surface area contributed by atoms with Crippen LogP contribution in [0.3, 0.4) is 0 Å². The summed E-state index contributed by atoms with van der Waals surface area (Å²) >= 11 is 0. The van der Waals surface area contributed by atoms with Crippen LogP contribution in [0.2, 0.25) is 0 Å². The lowest BCUT2D eigenvalue weighted by molar-refractivity contribution is -0.157. The second-order valence-electron chi connectivity index (χ2n) is 14.1. The number of nitrogens with zero attached hydrogens (tertiary/aromatic N) is 4. The molecule has 2 unspecified atom stereocenters. The highest BCUT2D eigenvalue weighted by molar-refractivity contribution is 7.47. The predicted octanol–water partition coefficient (Wildman–Crippen LogP) is 2.55. The molecule has 310 valence electrons. The quantitative estimate of drug-likeness (QED) is 0.0763. The first kappa shape index (κ1) is 46.0. The van der Waals surface area contributed by atoms with Crippen molar-refractivity contribution in [2.45, 2.75) is 59.5 Å².